The van der Waals surface area contributed by atoms with Crippen molar-refractivity contribution in [3.8, 4) is 0 Å². The zero-order chi connectivity index (χ0) is 9.97. The molecule has 1 aliphatic carbocycles. The fraction of sp³-hybridized carbons (Fsp3) is 0.909. The number of carbonyl (C=O) groups is 1. The van der Waals surface area contributed by atoms with Crippen LogP contribution in [0.5, 0.6) is 0 Å². The highest BCUT2D eigenvalue weighted by Crippen LogP contribution is 2.37. The van der Waals surface area contributed by atoms with Crippen LogP contribution in [0, 0.1) is 11.8 Å². The number of carbonyl (C=O) groups excluding carboxylic acids is 1. The molecule has 1 aliphatic heterocycles. The minimum Gasteiger partial charge on any atom is -0.356 e. The number of hydrogen-bond acceptors (Lipinski definition) is 2. The summed E-state index contributed by atoms with van der Waals surface area (Å²) in [5.74, 6) is 1.22. The van der Waals surface area contributed by atoms with Crippen LogP contribution in [0.4, 0.5) is 0 Å². The molecule has 2 aliphatic rings. The third-order valence-electron chi connectivity index (χ3n) is 3.40. The van der Waals surface area contributed by atoms with Crippen molar-refractivity contribution in [3.05, 3.63) is 0 Å². The van der Waals surface area contributed by atoms with Gasteiger partial charge in [0.1, 0.15) is 0 Å². The molecule has 0 aromatic heterocycles. The van der Waals surface area contributed by atoms with Gasteiger partial charge in [0.25, 0.3) is 0 Å². The molecule has 3 nitrogen and oxygen atoms in total. The number of rotatable bonds is 4. The number of amides is 1. The average Bonchev–Trinajstić information content (AvgIpc) is 2.68. The summed E-state index contributed by atoms with van der Waals surface area (Å²) in [4.78, 5) is 11.5. The van der Waals surface area contributed by atoms with Crippen LogP contribution in [-0.4, -0.2) is 25.0 Å². The predicted molar refractivity (Wildman–Crippen MR) is 55.9 cm³/mol. The van der Waals surface area contributed by atoms with Crippen molar-refractivity contribution < 1.29 is 4.79 Å². The zero-order valence-corrected chi connectivity index (χ0v) is 8.88. The Morgan fingerprint density at radius 2 is 2.36 bits per heavy atom. The van der Waals surface area contributed by atoms with Crippen LogP contribution in [-0.2, 0) is 4.79 Å². The lowest BCUT2D eigenvalue weighted by Crippen LogP contribution is -2.31. The second-order valence-corrected chi connectivity index (χ2v) is 4.69. The predicted octanol–water partition coefficient (Wildman–Crippen LogP) is 0.901. The summed E-state index contributed by atoms with van der Waals surface area (Å²) < 4.78 is 0. The van der Waals surface area contributed by atoms with E-state index in [1.165, 1.54) is 12.8 Å². The average molecular weight is 196 g/mol. The Balaban J connectivity index is 1.56. The van der Waals surface area contributed by atoms with Crippen molar-refractivity contribution in [1.82, 2.24) is 10.6 Å². The lowest BCUT2D eigenvalue weighted by atomic mass is 10.1. The molecule has 2 N–H and O–H groups in total. The Kier molecular flexibility index (Phi) is 3.06. The van der Waals surface area contributed by atoms with E-state index in [0.717, 1.165) is 25.9 Å². The maximum absolute atomic E-state index is 11.5. The first-order chi connectivity index (χ1) is 6.77. The molecule has 1 heterocycles. The molecule has 0 aromatic carbocycles. The molecule has 3 unspecified atom stereocenters. The van der Waals surface area contributed by atoms with Gasteiger partial charge in [-0.15, -0.1) is 0 Å². The quantitative estimate of drug-likeness (QED) is 0.701. The third kappa shape index (κ3) is 2.47. The van der Waals surface area contributed by atoms with Crippen molar-refractivity contribution in [2.45, 2.75) is 38.6 Å². The second-order valence-electron chi connectivity index (χ2n) is 4.69. The van der Waals surface area contributed by atoms with Gasteiger partial charge in [0.05, 0.1) is 0 Å². The Bertz CT molecular complexity index is 211. The number of hydrogen-bond donors (Lipinski definition) is 2. The van der Waals surface area contributed by atoms with Crippen LogP contribution < -0.4 is 10.6 Å². The highest BCUT2D eigenvalue weighted by molar-refractivity contribution is 5.81. The summed E-state index contributed by atoms with van der Waals surface area (Å²) in [6.45, 7) is 4.14. The van der Waals surface area contributed by atoms with Gasteiger partial charge in [-0.2, -0.15) is 0 Å². The van der Waals surface area contributed by atoms with Gasteiger partial charge in [0.15, 0.2) is 0 Å². The van der Waals surface area contributed by atoms with Crippen LogP contribution in [0.2, 0.25) is 0 Å². The van der Waals surface area contributed by atoms with E-state index in [0.29, 0.717) is 17.9 Å². The molecule has 0 spiro atoms. The summed E-state index contributed by atoms with van der Waals surface area (Å²) in [6.07, 6.45) is 4.74. The molecule has 2 rings (SSSR count). The van der Waals surface area contributed by atoms with Crippen LogP contribution in [0.3, 0.4) is 0 Å². The van der Waals surface area contributed by atoms with E-state index in [-0.39, 0.29) is 5.91 Å². The topological polar surface area (TPSA) is 41.1 Å². The molecule has 1 amide bonds. The number of nitrogens with one attached hydrogen (secondary N) is 2. The Morgan fingerprint density at radius 1 is 1.57 bits per heavy atom. The first kappa shape index (κ1) is 9.97. The van der Waals surface area contributed by atoms with E-state index in [9.17, 15) is 4.79 Å². The highest BCUT2D eigenvalue weighted by Gasteiger charge is 2.38. The molecule has 0 radical (unpaired) electrons. The van der Waals surface area contributed by atoms with Crippen LogP contribution in [0.25, 0.3) is 0 Å². The lowest BCUT2D eigenvalue weighted by Gasteiger charge is -2.10. The van der Waals surface area contributed by atoms with Crippen molar-refractivity contribution in [1.29, 1.82) is 0 Å². The summed E-state index contributed by atoms with van der Waals surface area (Å²) in [6, 6.07) is 0.645. The van der Waals surface area contributed by atoms with E-state index in [4.69, 9.17) is 0 Å². The first-order valence-electron chi connectivity index (χ1n) is 5.78. The summed E-state index contributed by atoms with van der Waals surface area (Å²) in [5.41, 5.74) is 0. The first-order valence-corrected chi connectivity index (χ1v) is 5.78. The standard InChI is InChI=1S/C11H20N2O/c1-8-7-10(8)11(14)13-6-4-9-3-2-5-12-9/h8-10,12H,2-7H2,1H3,(H,13,14). The van der Waals surface area contributed by atoms with Gasteiger partial charge in [0, 0.05) is 18.5 Å². The van der Waals surface area contributed by atoms with E-state index < -0.39 is 0 Å². The molecule has 3 heteroatoms. The molecule has 14 heavy (non-hydrogen) atoms. The third-order valence-corrected chi connectivity index (χ3v) is 3.40. The van der Waals surface area contributed by atoms with Crippen LogP contribution in [0.15, 0.2) is 0 Å². The smallest absolute Gasteiger partial charge is 0.223 e. The molecule has 1 saturated carbocycles. The van der Waals surface area contributed by atoms with E-state index in [1.54, 1.807) is 0 Å². The highest BCUT2D eigenvalue weighted by atomic mass is 16.2. The van der Waals surface area contributed by atoms with E-state index >= 15 is 0 Å². The van der Waals surface area contributed by atoms with Gasteiger partial charge in [-0.25, -0.2) is 0 Å². The van der Waals surface area contributed by atoms with Gasteiger partial charge >= 0.3 is 0 Å². The molecule has 2 fully saturated rings. The molecule has 80 valence electrons. The normalized spacial score (nSPS) is 35.6. The van der Waals surface area contributed by atoms with Gasteiger partial charge in [-0.3, -0.25) is 4.79 Å². The summed E-state index contributed by atoms with van der Waals surface area (Å²) in [7, 11) is 0. The molecule has 0 bridgehead atoms. The summed E-state index contributed by atoms with van der Waals surface area (Å²) in [5, 5.41) is 6.46. The minimum absolute atomic E-state index is 0.274. The fourth-order valence-corrected chi connectivity index (χ4v) is 2.19. The maximum Gasteiger partial charge on any atom is 0.223 e. The molecule has 0 aromatic rings. The van der Waals surface area contributed by atoms with Crippen LogP contribution in [0.1, 0.15) is 32.6 Å². The van der Waals surface area contributed by atoms with Gasteiger partial charge in [-0.1, -0.05) is 6.92 Å². The van der Waals surface area contributed by atoms with Crippen molar-refractivity contribution in [3.63, 3.8) is 0 Å². The molecule has 3 atom stereocenters. The Hall–Kier alpha value is -0.570. The van der Waals surface area contributed by atoms with Crippen LogP contribution >= 0.6 is 0 Å². The largest absolute Gasteiger partial charge is 0.356 e. The lowest BCUT2D eigenvalue weighted by molar-refractivity contribution is -0.122. The molecular formula is C11H20N2O. The van der Waals surface area contributed by atoms with Crippen molar-refractivity contribution in [2.75, 3.05) is 13.1 Å². The fourth-order valence-electron chi connectivity index (χ4n) is 2.19. The SMILES string of the molecule is CC1CC1C(=O)NCCC1CCCN1. The molecular weight excluding hydrogens is 176 g/mol. The Labute approximate surface area is 85.6 Å². The van der Waals surface area contributed by atoms with Gasteiger partial charge in [-0.05, 0) is 38.1 Å². The van der Waals surface area contributed by atoms with Crippen molar-refractivity contribution in [2.24, 2.45) is 11.8 Å². The molecule has 1 saturated heterocycles. The minimum atomic E-state index is 0.274. The Morgan fingerprint density at radius 3 is 2.93 bits per heavy atom. The monoisotopic (exact) mass is 196 g/mol. The van der Waals surface area contributed by atoms with Gasteiger partial charge < -0.3 is 10.6 Å². The van der Waals surface area contributed by atoms with E-state index in [1.807, 2.05) is 0 Å². The van der Waals surface area contributed by atoms with Gasteiger partial charge in [0.2, 0.25) is 5.91 Å². The maximum atomic E-state index is 11.5. The second kappa shape index (κ2) is 4.30. The zero-order valence-electron chi connectivity index (χ0n) is 8.88. The summed E-state index contributed by atoms with van der Waals surface area (Å²) >= 11 is 0. The van der Waals surface area contributed by atoms with E-state index in [2.05, 4.69) is 17.6 Å². The van der Waals surface area contributed by atoms with Crippen molar-refractivity contribution >= 4 is 5.91 Å².